The molecular weight excluding hydrogens is 115 g/mol. The molecule has 0 aliphatic rings. The van der Waals surface area contributed by atoms with E-state index < -0.39 is 0 Å². The molecule has 0 N–H and O–H groups in total. The van der Waals surface area contributed by atoms with Crippen molar-refractivity contribution >= 4 is 16.0 Å². The molecule has 0 spiro atoms. The zero-order valence-corrected chi connectivity index (χ0v) is 3.91. The van der Waals surface area contributed by atoms with Crippen molar-refractivity contribution in [3.8, 4) is 0 Å². The molecule has 0 atom stereocenters. The summed E-state index contributed by atoms with van der Waals surface area (Å²) in [4.78, 5) is 1.64. The van der Waals surface area contributed by atoms with Crippen LogP contribution in [0, 0.1) is 0 Å². The van der Waals surface area contributed by atoms with Crippen LogP contribution in [0.4, 0.5) is 0 Å². The van der Waals surface area contributed by atoms with E-state index in [9.17, 15) is 0 Å². The number of rotatable bonds is 0. The summed E-state index contributed by atoms with van der Waals surface area (Å²) in [6.45, 7) is 3.27. The van der Waals surface area contributed by atoms with Crippen molar-refractivity contribution in [3.05, 3.63) is 17.3 Å². The van der Waals surface area contributed by atoms with Gasteiger partial charge in [-0.3, -0.25) is 0 Å². The minimum absolute atomic E-state index is 1.64. The second-order valence-corrected chi connectivity index (χ2v) is 0.816. The van der Waals surface area contributed by atoms with Gasteiger partial charge < -0.3 is 0 Å². The Morgan fingerprint density at radius 1 is 2.00 bits per heavy atom. The van der Waals surface area contributed by atoms with Crippen molar-refractivity contribution in [1.82, 2.24) is 0 Å². The summed E-state index contributed by atoms with van der Waals surface area (Å²) >= 11 is 2.59. The van der Waals surface area contributed by atoms with Crippen molar-refractivity contribution < 1.29 is 0 Å². The molecule has 0 aliphatic carbocycles. The molecule has 0 aliphatic heterocycles. The molecule has 0 rings (SSSR count). The molecule has 21 valence electrons. The van der Waals surface area contributed by atoms with Gasteiger partial charge in [0.2, 0.25) is 0 Å². The number of hydrogen-bond donors (Lipinski definition) is 0. The Hall–Kier alpha value is 0.0395. The van der Waals surface area contributed by atoms with Gasteiger partial charge in [-0.15, -0.1) is 0 Å². The van der Waals surface area contributed by atoms with Crippen LogP contribution in [-0.2, 0) is 0 Å². The fourth-order valence-corrected chi connectivity index (χ4v) is 0. The average molecular weight is 118 g/mol. The standard InChI is InChI=1S/C3H3Se/c1-2-3-4/h3H,1H2. The zero-order chi connectivity index (χ0) is 3.41. The summed E-state index contributed by atoms with van der Waals surface area (Å²) in [7, 11) is 0. The van der Waals surface area contributed by atoms with Crippen molar-refractivity contribution in [3.63, 3.8) is 0 Å². The van der Waals surface area contributed by atoms with E-state index in [4.69, 9.17) is 0 Å². The topological polar surface area (TPSA) is 0 Å². The summed E-state index contributed by atoms with van der Waals surface area (Å²) in [5.74, 6) is 0. The van der Waals surface area contributed by atoms with Crippen molar-refractivity contribution in [1.29, 1.82) is 0 Å². The molecule has 0 fully saturated rings. The van der Waals surface area contributed by atoms with Gasteiger partial charge in [0.05, 0.1) is 0 Å². The van der Waals surface area contributed by atoms with Crippen LogP contribution < -0.4 is 0 Å². The van der Waals surface area contributed by atoms with Crippen LogP contribution in [0.1, 0.15) is 0 Å². The minimum atomic E-state index is 1.64. The molecular formula is C3H3Se. The molecule has 0 saturated carbocycles. The molecule has 0 aromatic rings. The molecule has 1 heteroatoms. The molecule has 0 aromatic heterocycles. The first-order valence-corrected chi connectivity index (χ1v) is 1.87. The molecule has 0 nitrogen and oxygen atoms in total. The van der Waals surface area contributed by atoms with Crippen LogP contribution in [0.5, 0.6) is 0 Å². The van der Waals surface area contributed by atoms with Gasteiger partial charge in [0, 0.05) is 0 Å². The third kappa shape index (κ3) is 2.04. The van der Waals surface area contributed by atoms with E-state index in [1.165, 1.54) is 0 Å². The number of hydrogen-bond acceptors (Lipinski definition) is 0. The molecule has 0 saturated heterocycles. The van der Waals surface area contributed by atoms with E-state index >= 15 is 0 Å². The van der Waals surface area contributed by atoms with Crippen molar-refractivity contribution in [2.45, 2.75) is 0 Å². The van der Waals surface area contributed by atoms with Crippen molar-refractivity contribution in [2.75, 3.05) is 0 Å². The molecule has 0 amide bonds. The third-order valence-corrected chi connectivity index (χ3v) is 0.433. The van der Waals surface area contributed by atoms with Gasteiger partial charge in [0.25, 0.3) is 0 Å². The Balaban J connectivity index is 3.11. The summed E-state index contributed by atoms with van der Waals surface area (Å²) in [6.07, 6.45) is 0. The Labute approximate surface area is 34.0 Å². The average Bonchev–Trinajstić information content (AvgIpc) is 1.37. The predicted molar refractivity (Wildman–Crippen MR) is 19.5 cm³/mol. The van der Waals surface area contributed by atoms with E-state index in [1.54, 1.807) is 4.97 Å². The molecule has 1 radical (unpaired) electrons. The van der Waals surface area contributed by atoms with Gasteiger partial charge >= 0.3 is 33.3 Å². The first-order valence-electron chi connectivity index (χ1n) is 0.878. The SMILES string of the molecule is C=C=C[Se]. The Bertz CT molecular complexity index is 41.2. The normalized spacial score (nSPS) is 4.00. The van der Waals surface area contributed by atoms with Crippen LogP contribution >= 0.6 is 0 Å². The van der Waals surface area contributed by atoms with Gasteiger partial charge in [-0.1, -0.05) is 0 Å². The molecule has 0 unspecified atom stereocenters. The summed E-state index contributed by atoms with van der Waals surface area (Å²) < 4.78 is 0. The van der Waals surface area contributed by atoms with Gasteiger partial charge in [0.15, 0.2) is 0 Å². The monoisotopic (exact) mass is 119 g/mol. The maximum atomic E-state index is 3.27. The van der Waals surface area contributed by atoms with E-state index in [-0.39, 0.29) is 0 Å². The van der Waals surface area contributed by atoms with Crippen molar-refractivity contribution in [2.24, 2.45) is 0 Å². The molecule has 4 heavy (non-hydrogen) atoms. The summed E-state index contributed by atoms with van der Waals surface area (Å²) in [5.41, 5.74) is 2.50. The van der Waals surface area contributed by atoms with Gasteiger partial charge in [-0.05, 0) is 0 Å². The van der Waals surface area contributed by atoms with Crippen LogP contribution in [0.3, 0.4) is 0 Å². The molecule has 0 bridgehead atoms. The van der Waals surface area contributed by atoms with E-state index in [0.29, 0.717) is 0 Å². The maximum absolute atomic E-state index is 3.27. The van der Waals surface area contributed by atoms with E-state index in [0.717, 1.165) is 0 Å². The fraction of sp³-hybridized carbons (Fsp3) is 0. The second-order valence-electron chi connectivity index (χ2n) is 0.322. The van der Waals surface area contributed by atoms with Crippen LogP contribution in [0.25, 0.3) is 0 Å². The van der Waals surface area contributed by atoms with E-state index in [2.05, 4.69) is 28.3 Å². The van der Waals surface area contributed by atoms with Crippen LogP contribution in [-0.4, -0.2) is 16.0 Å². The van der Waals surface area contributed by atoms with Crippen LogP contribution in [0.2, 0.25) is 0 Å². The molecule has 0 heterocycles. The first kappa shape index (κ1) is 4.04. The Morgan fingerprint density at radius 3 is 2.25 bits per heavy atom. The Morgan fingerprint density at radius 2 is 2.25 bits per heavy atom. The van der Waals surface area contributed by atoms with Gasteiger partial charge in [-0.2, -0.15) is 0 Å². The van der Waals surface area contributed by atoms with E-state index in [1.807, 2.05) is 0 Å². The van der Waals surface area contributed by atoms with Gasteiger partial charge in [-0.25, -0.2) is 0 Å². The first-order chi connectivity index (χ1) is 1.91. The third-order valence-electron chi connectivity index (χ3n) is 0.0833. The zero-order valence-electron chi connectivity index (χ0n) is 2.19. The van der Waals surface area contributed by atoms with Gasteiger partial charge in [0.1, 0.15) is 0 Å². The second kappa shape index (κ2) is 3.04. The Kier molecular flexibility index (Phi) is 3.07. The van der Waals surface area contributed by atoms with Crippen LogP contribution in [0.15, 0.2) is 17.3 Å². The predicted octanol–water partition coefficient (Wildman–Crippen LogP) is 0.453. The quantitative estimate of drug-likeness (QED) is 0.320. The summed E-state index contributed by atoms with van der Waals surface area (Å²) in [5, 5.41) is 0. The summed E-state index contributed by atoms with van der Waals surface area (Å²) in [6, 6.07) is 0. The molecule has 0 aromatic carbocycles. The fourth-order valence-electron chi connectivity index (χ4n) is 0.